The first-order valence-electron chi connectivity index (χ1n) is 11.2. The summed E-state index contributed by atoms with van der Waals surface area (Å²) >= 11 is 0. The highest BCUT2D eigenvalue weighted by Crippen LogP contribution is 2.34. The molecule has 0 aromatic heterocycles. The third-order valence-electron chi connectivity index (χ3n) is 6.75. The van der Waals surface area contributed by atoms with E-state index < -0.39 is 39.8 Å². The van der Waals surface area contributed by atoms with Gasteiger partial charge in [-0.1, -0.05) is 17.7 Å². The number of aryl methyl sites for hydroxylation is 1. The Labute approximate surface area is 201 Å². The number of carbonyl (C=O) groups is 4. The molecule has 3 heterocycles. The van der Waals surface area contributed by atoms with Crippen LogP contribution >= 0.6 is 0 Å². The largest absolute Gasteiger partial charge is 0.371 e. The Kier molecular flexibility index (Phi) is 5.48. The molecule has 0 aliphatic carbocycles. The SMILES string of the molecule is Cc1ccc(S(=O)(=O)O)c(CC2CN(c3ccc4c(c3)C(=O)N(C3CCC(=O)NC3=O)C4=O)C2)c1. The van der Waals surface area contributed by atoms with Gasteiger partial charge in [0.25, 0.3) is 21.9 Å². The molecule has 2 aromatic rings. The number of amides is 4. The highest BCUT2D eigenvalue weighted by atomic mass is 32.2. The molecule has 10 nitrogen and oxygen atoms in total. The molecule has 5 rings (SSSR count). The molecule has 11 heteroatoms. The molecule has 2 aromatic carbocycles. The lowest BCUT2D eigenvalue weighted by Gasteiger charge is -2.41. The van der Waals surface area contributed by atoms with E-state index in [-0.39, 0.29) is 34.8 Å². The number of piperidine rings is 1. The molecule has 0 radical (unpaired) electrons. The standard InChI is InChI=1S/C24H23N3O7S/c1-13-2-6-20(35(32,33)34)15(8-13)9-14-11-26(12-14)16-3-4-17-18(10-16)24(31)27(23(17)30)19-5-7-21(28)25-22(19)29/h2-4,6,8,10,14,19H,5,7,9,11-12H2,1H3,(H,25,28,29)(H,32,33,34). The van der Waals surface area contributed by atoms with E-state index in [1.54, 1.807) is 30.3 Å². The smallest absolute Gasteiger partial charge is 0.294 e. The van der Waals surface area contributed by atoms with Gasteiger partial charge in [0, 0.05) is 25.2 Å². The van der Waals surface area contributed by atoms with E-state index in [2.05, 4.69) is 5.32 Å². The molecule has 1 atom stereocenters. The quantitative estimate of drug-likeness (QED) is 0.466. The van der Waals surface area contributed by atoms with Crippen LogP contribution in [0.5, 0.6) is 0 Å². The highest BCUT2D eigenvalue weighted by molar-refractivity contribution is 7.85. The monoisotopic (exact) mass is 497 g/mol. The summed E-state index contributed by atoms with van der Waals surface area (Å²) in [4.78, 5) is 52.4. The number of fused-ring (bicyclic) bond motifs is 1. The van der Waals surface area contributed by atoms with Crippen LogP contribution in [0, 0.1) is 12.8 Å². The highest BCUT2D eigenvalue weighted by Gasteiger charge is 2.45. The number of carbonyl (C=O) groups excluding carboxylic acids is 4. The van der Waals surface area contributed by atoms with E-state index >= 15 is 0 Å². The molecular formula is C24H23N3O7S. The van der Waals surface area contributed by atoms with Gasteiger partial charge in [0.2, 0.25) is 11.8 Å². The van der Waals surface area contributed by atoms with Crippen molar-refractivity contribution >= 4 is 39.4 Å². The average molecular weight is 498 g/mol. The number of benzene rings is 2. The molecule has 35 heavy (non-hydrogen) atoms. The molecule has 2 N–H and O–H groups in total. The van der Waals surface area contributed by atoms with Gasteiger partial charge in [-0.2, -0.15) is 8.42 Å². The molecule has 0 spiro atoms. The van der Waals surface area contributed by atoms with Gasteiger partial charge in [-0.25, -0.2) is 0 Å². The van der Waals surface area contributed by atoms with E-state index in [4.69, 9.17) is 0 Å². The number of imide groups is 2. The second-order valence-electron chi connectivity index (χ2n) is 9.24. The third-order valence-corrected chi connectivity index (χ3v) is 7.70. The van der Waals surface area contributed by atoms with Gasteiger partial charge in [0.15, 0.2) is 0 Å². The van der Waals surface area contributed by atoms with Crippen molar-refractivity contribution in [2.75, 3.05) is 18.0 Å². The minimum Gasteiger partial charge on any atom is -0.371 e. The molecule has 0 bridgehead atoms. The van der Waals surface area contributed by atoms with Crippen LogP contribution in [-0.2, 0) is 26.1 Å². The molecular weight excluding hydrogens is 474 g/mol. The van der Waals surface area contributed by atoms with E-state index in [0.29, 0.717) is 25.1 Å². The van der Waals surface area contributed by atoms with Crippen molar-refractivity contribution in [2.45, 2.75) is 37.1 Å². The maximum absolute atomic E-state index is 13.0. The topological polar surface area (TPSA) is 141 Å². The number of hydrogen-bond donors (Lipinski definition) is 2. The molecule has 2 saturated heterocycles. The van der Waals surface area contributed by atoms with Gasteiger partial charge in [-0.05, 0) is 55.5 Å². The van der Waals surface area contributed by atoms with Crippen molar-refractivity contribution in [3.63, 3.8) is 0 Å². The zero-order valence-electron chi connectivity index (χ0n) is 18.9. The minimum absolute atomic E-state index is 0.0600. The summed E-state index contributed by atoms with van der Waals surface area (Å²) < 4.78 is 33.0. The fourth-order valence-corrected chi connectivity index (χ4v) is 5.71. The van der Waals surface area contributed by atoms with Crippen LogP contribution in [0.1, 0.15) is 44.7 Å². The third kappa shape index (κ3) is 4.10. The van der Waals surface area contributed by atoms with Crippen LogP contribution in [-0.4, -0.2) is 60.6 Å². The predicted molar refractivity (Wildman–Crippen MR) is 124 cm³/mol. The Morgan fingerprint density at radius 3 is 2.40 bits per heavy atom. The van der Waals surface area contributed by atoms with E-state index in [1.165, 1.54) is 6.07 Å². The van der Waals surface area contributed by atoms with Gasteiger partial charge >= 0.3 is 0 Å². The Morgan fingerprint density at radius 2 is 1.71 bits per heavy atom. The summed E-state index contributed by atoms with van der Waals surface area (Å²) in [5, 5.41) is 2.18. The number of anilines is 1. The van der Waals surface area contributed by atoms with E-state index in [9.17, 15) is 32.1 Å². The normalized spacial score (nSPS) is 20.7. The second-order valence-corrected chi connectivity index (χ2v) is 10.6. The number of hydrogen-bond acceptors (Lipinski definition) is 7. The summed E-state index contributed by atoms with van der Waals surface area (Å²) in [6, 6.07) is 8.74. The van der Waals surface area contributed by atoms with Crippen molar-refractivity contribution in [3.05, 3.63) is 58.7 Å². The average Bonchev–Trinajstić information content (AvgIpc) is 2.99. The Hall–Kier alpha value is -3.57. The zero-order valence-corrected chi connectivity index (χ0v) is 19.7. The van der Waals surface area contributed by atoms with Gasteiger partial charge in [-0.15, -0.1) is 0 Å². The van der Waals surface area contributed by atoms with Crippen molar-refractivity contribution in [2.24, 2.45) is 5.92 Å². The summed E-state index contributed by atoms with van der Waals surface area (Å²) in [7, 11) is -4.32. The van der Waals surface area contributed by atoms with Gasteiger partial charge < -0.3 is 4.90 Å². The lowest BCUT2D eigenvalue weighted by atomic mass is 9.90. The van der Waals surface area contributed by atoms with Gasteiger partial charge in [0.05, 0.1) is 16.0 Å². The van der Waals surface area contributed by atoms with Crippen molar-refractivity contribution < 1.29 is 32.1 Å². The number of rotatable bonds is 5. The van der Waals surface area contributed by atoms with Crippen molar-refractivity contribution in [1.82, 2.24) is 10.2 Å². The summed E-state index contributed by atoms with van der Waals surface area (Å²) in [5.74, 6) is -2.04. The van der Waals surface area contributed by atoms with Crippen LogP contribution in [0.2, 0.25) is 0 Å². The van der Waals surface area contributed by atoms with Crippen LogP contribution in [0.4, 0.5) is 5.69 Å². The predicted octanol–water partition coefficient (Wildman–Crippen LogP) is 1.32. The maximum atomic E-state index is 13.0. The first-order chi connectivity index (χ1) is 16.5. The molecule has 3 aliphatic heterocycles. The minimum atomic E-state index is -4.32. The van der Waals surface area contributed by atoms with Crippen molar-refractivity contribution in [3.8, 4) is 0 Å². The van der Waals surface area contributed by atoms with Crippen LogP contribution in [0.15, 0.2) is 41.3 Å². The number of nitrogens with one attached hydrogen (secondary N) is 1. The van der Waals surface area contributed by atoms with Crippen molar-refractivity contribution in [1.29, 1.82) is 0 Å². The second kappa shape index (κ2) is 8.28. The summed E-state index contributed by atoms with van der Waals surface area (Å²) in [5.41, 5.74) is 2.63. The molecule has 3 aliphatic rings. The first-order valence-corrected chi connectivity index (χ1v) is 12.6. The molecule has 0 saturated carbocycles. The fourth-order valence-electron chi connectivity index (χ4n) is 5.00. The molecule has 1 unspecified atom stereocenters. The Balaban J connectivity index is 1.30. The molecule has 4 amide bonds. The maximum Gasteiger partial charge on any atom is 0.294 e. The van der Waals surface area contributed by atoms with Gasteiger partial charge in [-0.3, -0.25) is 33.9 Å². The summed E-state index contributed by atoms with van der Waals surface area (Å²) in [6.07, 6.45) is 0.630. The lowest BCUT2D eigenvalue weighted by Crippen LogP contribution is -2.54. The summed E-state index contributed by atoms with van der Waals surface area (Å²) in [6.45, 7) is 3.07. The van der Waals surface area contributed by atoms with Crippen LogP contribution in [0.3, 0.4) is 0 Å². The fraction of sp³-hybridized carbons (Fsp3) is 0.333. The first kappa shape index (κ1) is 23.2. The van der Waals surface area contributed by atoms with Gasteiger partial charge in [0.1, 0.15) is 6.04 Å². The molecule has 182 valence electrons. The van der Waals surface area contributed by atoms with E-state index in [0.717, 1.165) is 16.2 Å². The van der Waals surface area contributed by atoms with E-state index in [1.807, 2.05) is 11.8 Å². The number of nitrogens with zero attached hydrogens (tertiary/aromatic N) is 2. The Bertz CT molecular complexity index is 1400. The Morgan fingerprint density at radius 1 is 1.00 bits per heavy atom. The van der Waals surface area contributed by atoms with Crippen LogP contribution < -0.4 is 10.2 Å². The molecule has 2 fully saturated rings. The zero-order chi connectivity index (χ0) is 25.1. The van der Waals surface area contributed by atoms with Crippen LogP contribution in [0.25, 0.3) is 0 Å². The lowest BCUT2D eigenvalue weighted by molar-refractivity contribution is -0.136.